The van der Waals surface area contributed by atoms with Gasteiger partial charge in [0.05, 0.1) is 0 Å². The third-order valence-corrected chi connectivity index (χ3v) is 6.54. The summed E-state index contributed by atoms with van der Waals surface area (Å²) in [6, 6.07) is 11.8. The summed E-state index contributed by atoms with van der Waals surface area (Å²) in [6.07, 6.45) is 0.914. The molecule has 2 rings (SSSR count). The molecule has 1 N–H and O–H groups in total. The van der Waals surface area contributed by atoms with Crippen molar-refractivity contribution in [2.24, 2.45) is 0 Å². The van der Waals surface area contributed by atoms with Gasteiger partial charge in [0.1, 0.15) is 10.6 Å². The van der Waals surface area contributed by atoms with Gasteiger partial charge in [-0.15, -0.1) is 0 Å². The first-order valence-electron chi connectivity index (χ1n) is 9.13. The van der Waals surface area contributed by atoms with Crippen LogP contribution >= 0.6 is 11.6 Å². The summed E-state index contributed by atoms with van der Waals surface area (Å²) in [5, 5.41) is 3.00. The average molecular weight is 425 g/mol. The van der Waals surface area contributed by atoms with Gasteiger partial charge in [-0.2, -0.15) is 4.31 Å². The van der Waals surface area contributed by atoms with Gasteiger partial charge in [-0.1, -0.05) is 44.5 Å². The molecule has 152 valence electrons. The maximum atomic E-state index is 12.9. The van der Waals surface area contributed by atoms with E-state index < -0.39 is 10.0 Å². The number of nitrogens with zero attached hydrogens (tertiary/aromatic N) is 1. The third kappa shape index (κ3) is 5.47. The van der Waals surface area contributed by atoms with Crippen molar-refractivity contribution in [1.82, 2.24) is 4.31 Å². The monoisotopic (exact) mass is 424 g/mol. The molecule has 0 unspecified atom stereocenters. The van der Waals surface area contributed by atoms with Crippen molar-refractivity contribution in [2.75, 3.05) is 25.0 Å². The predicted octanol–water partition coefficient (Wildman–Crippen LogP) is 3.95. The second-order valence-electron chi connectivity index (χ2n) is 6.07. The lowest BCUT2D eigenvalue weighted by Crippen LogP contribution is -2.31. The van der Waals surface area contributed by atoms with Crippen LogP contribution in [0.3, 0.4) is 0 Å². The fraction of sp³-hybridized carbons (Fsp3) is 0.350. The number of aryl methyl sites for hydroxylation is 1. The average Bonchev–Trinajstić information content (AvgIpc) is 2.68. The van der Waals surface area contributed by atoms with Crippen molar-refractivity contribution in [3.63, 3.8) is 0 Å². The number of ether oxygens (including phenoxy) is 1. The minimum Gasteiger partial charge on any atom is -0.482 e. The molecule has 8 heteroatoms. The molecule has 0 fully saturated rings. The van der Waals surface area contributed by atoms with Crippen molar-refractivity contribution >= 4 is 33.2 Å². The maximum absolute atomic E-state index is 12.9. The smallest absolute Gasteiger partial charge is 0.262 e. The molecule has 0 heterocycles. The first-order chi connectivity index (χ1) is 13.3. The molecule has 2 aromatic rings. The van der Waals surface area contributed by atoms with Gasteiger partial charge in [-0.25, -0.2) is 8.42 Å². The van der Waals surface area contributed by atoms with E-state index in [2.05, 4.69) is 12.2 Å². The molecular weight excluding hydrogens is 400 g/mol. The number of sulfonamides is 1. The lowest BCUT2D eigenvalue weighted by atomic mass is 10.1. The highest BCUT2D eigenvalue weighted by atomic mass is 35.5. The van der Waals surface area contributed by atoms with Crippen LogP contribution in [0, 0.1) is 0 Å². The second kappa shape index (κ2) is 9.91. The fourth-order valence-electron chi connectivity index (χ4n) is 2.67. The van der Waals surface area contributed by atoms with Crippen LogP contribution in [0.25, 0.3) is 0 Å². The highest BCUT2D eigenvalue weighted by Gasteiger charge is 2.26. The molecule has 6 nitrogen and oxygen atoms in total. The molecule has 0 atom stereocenters. The number of rotatable bonds is 9. The standard InChI is InChI=1S/C20H25ClN2O4S/c1-4-15-7-10-17(11-8-15)22-20(24)14-27-18-12-9-16(21)13-19(18)28(25,26)23(5-2)6-3/h7-13H,4-6,14H2,1-3H3,(H,22,24). The van der Waals surface area contributed by atoms with E-state index in [1.165, 1.54) is 28.1 Å². The van der Waals surface area contributed by atoms with Gasteiger partial charge >= 0.3 is 0 Å². The summed E-state index contributed by atoms with van der Waals surface area (Å²) in [4.78, 5) is 12.1. The molecular formula is C20H25ClN2O4S. The quantitative estimate of drug-likeness (QED) is 0.661. The number of anilines is 1. The molecule has 0 saturated heterocycles. The van der Waals surface area contributed by atoms with E-state index in [0.717, 1.165) is 6.42 Å². The lowest BCUT2D eigenvalue weighted by Gasteiger charge is -2.20. The molecule has 0 radical (unpaired) electrons. The summed E-state index contributed by atoms with van der Waals surface area (Å²) in [5.41, 5.74) is 1.82. The Kier molecular flexibility index (Phi) is 7.86. The van der Waals surface area contributed by atoms with Crippen molar-refractivity contribution in [3.05, 3.63) is 53.1 Å². The van der Waals surface area contributed by atoms with Gasteiger partial charge in [-0.05, 0) is 42.3 Å². The van der Waals surface area contributed by atoms with Crippen LogP contribution in [0.4, 0.5) is 5.69 Å². The molecule has 28 heavy (non-hydrogen) atoms. The number of hydrogen-bond donors (Lipinski definition) is 1. The maximum Gasteiger partial charge on any atom is 0.262 e. The Hall–Kier alpha value is -2.09. The topological polar surface area (TPSA) is 75.7 Å². The normalized spacial score (nSPS) is 11.5. The molecule has 0 aromatic heterocycles. The summed E-state index contributed by atoms with van der Waals surface area (Å²) >= 11 is 5.99. The van der Waals surface area contributed by atoms with E-state index in [1.54, 1.807) is 13.8 Å². The fourth-order valence-corrected chi connectivity index (χ4v) is 4.52. The van der Waals surface area contributed by atoms with Crippen LogP contribution in [0.1, 0.15) is 26.3 Å². The Bertz CT molecular complexity index is 910. The number of benzene rings is 2. The Balaban J connectivity index is 2.14. The Morgan fingerprint density at radius 3 is 2.29 bits per heavy atom. The van der Waals surface area contributed by atoms with Gasteiger partial charge in [0.2, 0.25) is 10.0 Å². The minimum atomic E-state index is -3.78. The molecule has 0 bridgehead atoms. The van der Waals surface area contributed by atoms with Crippen LogP contribution in [-0.4, -0.2) is 38.3 Å². The van der Waals surface area contributed by atoms with Crippen LogP contribution < -0.4 is 10.1 Å². The van der Waals surface area contributed by atoms with Crippen LogP contribution in [0.15, 0.2) is 47.4 Å². The summed E-state index contributed by atoms with van der Waals surface area (Å²) in [5.74, 6) is -0.293. The van der Waals surface area contributed by atoms with Crippen molar-refractivity contribution in [1.29, 1.82) is 0 Å². The van der Waals surface area contributed by atoms with E-state index >= 15 is 0 Å². The number of hydrogen-bond acceptors (Lipinski definition) is 4. The Morgan fingerprint density at radius 2 is 1.71 bits per heavy atom. The number of nitrogens with one attached hydrogen (secondary N) is 1. The molecule has 0 aliphatic rings. The zero-order valence-corrected chi connectivity index (χ0v) is 17.8. The summed E-state index contributed by atoms with van der Waals surface area (Å²) < 4.78 is 32.5. The summed E-state index contributed by atoms with van der Waals surface area (Å²) in [6.45, 7) is 5.88. The number of halogens is 1. The first kappa shape index (κ1) is 22.2. The highest BCUT2D eigenvalue weighted by molar-refractivity contribution is 7.89. The largest absolute Gasteiger partial charge is 0.482 e. The van der Waals surface area contributed by atoms with Crippen molar-refractivity contribution < 1.29 is 17.9 Å². The molecule has 2 aromatic carbocycles. The van der Waals surface area contributed by atoms with E-state index in [4.69, 9.17) is 16.3 Å². The minimum absolute atomic E-state index is 0.0520. The van der Waals surface area contributed by atoms with Crippen LogP contribution in [0.2, 0.25) is 5.02 Å². The number of amides is 1. The van der Waals surface area contributed by atoms with Crippen LogP contribution in [0.5, 0.6) is 5.75 Å². The van der Waals surface area contributed by atoms with E-state index in [0.29, 0.717) is 18.8 Å². The molecule has 0 aliphatic carbocycles. The SMILES string of the molecule is CCc1ccc(NC(=O)COc2ccc(Cl)cc2S(=O)(=O)N(CC)CC)cc1. The number of carbonyl (C=O) groups is 1. The summed E-state index contributed by atoms with van der Waals surface area (Å²) in [7, 11) is -3.78. The molecule has 0 aliphatic heterocycles. The molecule has 0 saturated carbocycles. The van der Waals surface area contributed by atoms with E-state index in [-0.39, 0.29) is 28.2 Å². The van der Waals surface area contributed by atoms with Crippen molar-refractivity contribution in [3.8, 4) is 5.75 Å². The van der Waals surface area contributed by atoms with E-state index in [1.807, 2.05) is 24.3 Å². The van der Waals surface area contributed by atoms with Gasteiger partial charge in [-0.3, -0.25) is 4.79 Å². The van der Waals surface area contributed by atoms with Crippen molar-refractivity contribution in [2.45, 2.75) is 32.1 Å². The van der Waals surface area contributed by atoms with Gasteiger partial charge < -0.3 is 10.1 Å². The van der Waals surface area contributed by atoms with Crippen LogP contribution in [-0.2, 0) is 21.2 Å². The zero-order valence-electron chi connectivity index (χ0n) is 16.2. The lowest BCUT2D eigenvalue weighted by molar-refractivity contribution is -0.118. The zero-order chi connectivity index (χ0) is 20.7. The Labute approximate surface area is 171 Å². The van der Waals surface area contributed by atoms with E-state index in [9.17, 15) is 13.2 Å². The second-order valence-corrected chi connectivity index (χ2v) is 8.41. The number of carbonyl (C=O) groups excluding carboxylic acids is 1. The first-order valence-corrected chi connectivity index (χ1v) is 10.9. The van der Waals surface area contributed by atoms with Gasteiger partial charge in [0, 0.05) is 23.8 Å². The van der Waals surface area contributed by atoms with Gasteiger partial charge in [0.15, 0.2) is 6.61 Å². The predicted molar refractivity (Wildman–Crippen MR) is 112 cm³/mol. The highest BCUT2D eigenvalue weighted by Crippen LogP contribution is 2.29. The van der Waals surface area contributed by atoms with Gasteiger partial charge in [0.25, 0.3) is 5.91 Å². The molecule has 0 spiro atoms. The Morgan fingerprint density at radius 1 is 1.07 bits per heavy atom. The third-order valence-electron chi connectivity index (χ3n) is 4.23. The molecule has 1 amide bonds.